The Kier molecular flexibility index (Phi) is 2.76. The van der Waals surface area contributed by atoms with Gasteiger partial charge in [0.15, 0.2) is 0 Å². The Bertz CT molecular complexity index is 84.9. The van der Waals surface area contributed by atoms with E-state index in [-0.39, 0.29) is 0 Å². The maximum atomic E-state index is 5.21. The highest BCUT2D eigenvalue weighted by atomic mass is 15.1. The van der Waals surface area contributed by atoms with Gasteiger partial charge in [0.1, 0.15) is 0 Å². The van der Waals surface area contributed by atoms with E-state index in [1.54, 1.807) is 7.05 Å². The fourth-order valence-electron chi connectivity index (χ4n) is 0.182. The molecule has 0 aromatic carbocycles. The third-order valence-electron chi connectivity index (χ3n) is 0.527. The number of nitrogens with one attached hydrogen (secondary N) is 2. The Morgan fingerprint density at radius 3 is 2.71 bits per heavy atom. The number of rotatable bonds is 1. The fourth-order valence-corrected chi connectivity index (χ4v) is 0.182. The van der Waals surface area contributed by atoms with Gasteiger partial charge < -0.3 is 0 Å². The monoisotopic (exact) mass is 100 g/mol. The maximum absolute atomic E-state index is 5.21. The molecule has 0 aliphatic carbocycles. The first kappa shape index (κ1) is 6.01. The third-order valence-corrected chi connectivity index (χ3v) is 0.527. The molecule has 40 valence electrons. The number of hydrogen-bond donors (Lipinski definition) is 3. The molecule has 0 fully saturated rings. The second-order valence-corrected chi connectivity index (χ2v) is 1.01. The van der Waals surface area contributed by atoms with Gasteiger partial charge in [0, 0.05) is 0 Å². The lowest BCUT2D eigenvalue weighted by Gasteiger charge is -1.83. The zero-order chi connectivity index (χ0) is 5.70. The standard InChI is InChI=1S/C4H9N3/c1-3-7-4(5)6-2/h3H,1H2,2H3,(H3,5,6,7)/p+1. The van der Waals surface area contributed by atoms with Crippen molar-refractivity contribution in [2.45, 2.75) is 0 Å². The molecule has 0 saturated carbocycles. The van der Waals surface area contributed by atoms with Crippen molar-refractivity contribution in [1.29, 1.82) is 0 Å². The minimum absolute atomic E-state index is 0.509. The summed E-state index contributed by atoms with van der Waals surface area (Å²) in [7, 11) is 1.73. The van der Waals surface area contributed by atoms with Crippen molar-refractivity contribution in [2.24, 2.45) is 5.73 Å². The quantitative estimate of drug-likeness (QED) is 0.257. The molecule has 0 spiro atoms. The fraction of sp³-hybridized carbons (Fsp3) is 0.250. The first-order valence-corrected chi connectivity index (χ1v) is 1.99. The first-order chi connectivity index (χ1) is 3.31. The van der Waals surface area contributed by atoms with E-state index < -0.39 is 0 Å². The molecule has 0 saturated heterocycles. The molecule has 0 unspecified atom stereocenters. The molecule has 0 radical (unpaired) electrons. The molecule has 0 heterocycles. The third kappa shape index (κ3) is 2.82. The summed E-state index contributed by atoms with van der Waals surface area (Å²) in [6, 6.07) is 0. The molecular weight excluding hydrogens is 90.1 g/mol. The number of hydrogen-bond acceptors (Lipinski definition) is 0. The largest absolute Gasteiger partial charge is 0.345 e. The van der Waals surface area contributed by atoms with E-state index in [2.05, 4.69) is 16.9 Å². The van der Waals surface area contributed by atoms with Gasteiger partial charge in [0.05, 0.1) is 13.2 Å². The van der Waals surface area contributed by atoms with Gasteiger partial charge in [-0.15, -0.1) is 0 Å². The molecule has 0 atom stereocenters. The van der Waals surface area contributed by atoms with Crippen LogP contribution in [-0.4, -0.2) is 13.0 Å². The van der Waals surface area contributed by atoms with Crippen LogP contribution in [0.3, 0.4) is 0 Å². The average molecular weight is 100 g/mol. The average Bonchev–Trinajstić information content (AvgIpc) is 1.68. The number of nitrogens with two attached hydrogens (primary N) is 1. The molecule has 3 nitrogen and oxygen atoms in total. The lowest BCUT2D eigenvalue weighted by atomic mass is 10.9. The summed E-state index contributed by atoms with van der Waals surface area (Å²) >= 11 is 0. The summed E-state index contributed by atoms with van der Waals surface area (Å²) in [5, 5.41) is 2.64. The van der Waals surface area contributed by atoms with Gasteiger partial charge in [-0.1, -0.05) is 6.58 Å². The van der Waals surface area contributed by atoms with Gasteiger partial charge in [0.2, 0.25) is 0 Å². The van der Waals surface area contributed by atoms with E-state index >= 15 is 0 Å². The second kappa shape index (κ2) is 3.21. The van der Waals surface area contributed by atoms with Crippen molar-refractivity contribution in [2.75, 3.05) is 7.05 Å². The molecule has 0 amide bonds. The van der Waals surface area contributed by atoms with Crippen LogP contribution in [0.2, 0.25) is 0 Å². The Morgan fingerprint density at radius 2 is 2.57 bits per heavy atom. The van der Waals surface area contributed by atoms with Gasteiger partial charge in [-0.25, -0.2) is 0 Å². The van der Waals surface area contributed by atoms with Crippen LogP contribution in [0.4, 0.5) is 0 Å². The molecule has 0 rings (SSSR count). The topological polar surface area (TPSA) is 52.0 Å². The smallest absolute Gasteiger partial charge is 0.291 e. The van der Waals surface area contributed by atoms with Gasteiger partial charge in [-0.2, -0.15) is 0 Å². The Morgan fingerprint density at radius 1 is 2.00 bits per heavy atom. The van der Waals surface area contributed by atoms with Crippen molar-refractivity contribution in [3.05, 3.63) is 12.8 Å². The van der Waals surface area contributed by atoms with Crippen LogP contribution in [0.15, 0.2) is 12.8 Å². The summed E-state index contributed by atoms with van der Waals surface area (Å²) in [6.45, 7) is 3.40. The molecule has 0 aliphatic rings. The van der Waals surface area contributed by atoms with E-state index in [0.29, 0.717) is 5.96 Å². The maximum Gasteiger partial charge on any atom is 0.345 e. The Hall–Kier alpha value is -0.990. The van der Waals surface area contributed by atoms with Crippen LogP contribution in [0.25, 0.3) is 0 Å². The molecular formula is C4H10N3+. The van der Waals surface area contributed by atoms with E-state index in [1.165, 1.54) is 6.20 Å². The van der Waals surface area contributed by atoms with Gasteiger partial charge in [-0.3, -0.25) is 16.0 Å². The van der Waals surface area contributed by atoms with Gasteiger partial charge >= 0.3 is 5.96 Å². The lowest BCUT2D eigenvalue weighted by Crippen LogP contribution is -2.74. The highest BCUT2D eigenvalue weighted by molar-refractivity contribution is 5.72. The molecule has 0 aliphatic heterocycles. The highest BCUT2D eigenvalue weighted by Gasteiger charge is 1.84. The summed E-state index contributed by atoms with van der Waals surface area (Å²) in [4.78, 5) is 2.68. The van der Waals surface area contributed by atoms with Crippen LogP contribution in [0.5, 0.6) is 0 Å². The highest BCUT2D eigenvalue weighted by Crippen LogP contribution is 1.40. The van der Waals surface area contributed by atoms with Gasteiger partial charge in [-0.05, 0) is 0 Å². The van der Waals surface area contributed by atoms with Crippen LogP contribution < -0.4 is 16.0 Å². The van der Waals surface area contributed by atoms with E-state index in [1.807, 2.05) is 0 Å². The number of guanidine groups is 1. The van der Waals surface area contributed by atoms with E-state index in [4.69, 9.17) is 5.73 Å². The predicted molar refractivity (Wildman–Crippen MR) is 29.4 cm³/mol. The minimum Gasteiger partial charge on any atom is -0.291 e. The molecule has 0 aromatic rings. The van der Waals surface area contributed by atoms with Crippen LogP contribution in [0.1, 0.15) is 0 Å². The SMILES string of the molecule is C=CNC(N)=[NH+]C. The summed E-state index contributed by atoms with van der Waals surface area (Å²) in [5.41, 5.74) is 5.21. The second-order valence-electron chi connectivity index (χ2n) is 1.01. The van der Waals surface area contributed by atoms with Crippen LogP contribution in [0, 0.1) is 0 Å². The molecule has 3 heteroatoms. The lowest BCUT2D eigenvalue weighted by molar-refractivity contribution is -0.423. The molecule has 7 heavy (non-hydrogen) atoms. The summed E-state index contributed by atoms with van der Waals surface area (Å²) in [5.74, 6) is 0.509. The van der Waals surface area contributed by atoms with E-state index in [0.717, 1.165) is 0 Å². The summed E-state index contributed by atoms with van der Waals surface area (Å²) < 4.78 is 0. The van der Waals surface area contributed by atoms with Crippen LogP contribution in [-0.2, 0) is 0 Å². The van der Waals surface area contributed by atoms with Crippen molar-refractivity contribution in [3.8, 4) is 0 Å². The van der Waals surface area contributed by atoms with Crippen molar-refractivity contribution >= 4 is 5.96 Å². The molecule has 0 aromatic heterocycles. The zero-order valence-corrected chi connectivity index (χ0v) is 4.36. The van der Waals surface area contributed by atoms with Crippen LogP contribution >= 0.6 is 0 Å². The summed E-state index contributed by atoms with van der Waals surface area (Å²) in [6.07, 6.45) is 1.51. The predicted octanol–water partition coefficient (Wildman–Crippen LogP) is -2.26. The molecule has 4 N–H and O–H groups in total. The Labute approximate surface area is 42.9 Å². The minimum atomic E-state index is 0.509. The van der Waals surface area contributed by atoms with Crippen molar-refractivity contribution < 1.29 is 4.99 Å². The Balaban J connectivity index is 3.36. The van der Waals surface area contributed by atoms with Crippen molar-refractivity contribution in [1.82, 2.24) is 5.32 Å². The first-order valence-electron chi connectivity index (χ1n) is 1.99. The van der Waals surface area contributed by atoms with Crippen molar-refractivity contribution in [3.63, 3.8) is 0 Å². The van der Waals surface area contributed by atoms with E-state index in [9.17, 15) is 0 Å². The zero-order valence-electron chi connectivity index (χ0n) is 4.36. The van der Waals surface area contributed by atoms with Gasteiger partial charge in [0.25, 0.3) is 0 Å². The normalized spacial score (nSPS) is 10.7. The molecule has 0 bridgehead atoms.